The normalized spacial score (nSPS) is 10.2. The molecule has 2 rings (SSSR count). The first-order valence-corrected chi connectivity index (χ1v) is 6.89. The molecule has 18 heavy (non-hydrogen) atoms. The third-order valence-electron chi connectivity index (χ3n) is 2.14. The summed E-state index contributed by atoms with van der Waals surface area (Å²) in [6, 6.07) is 6.91. The predicted molar refractivity (Wildman–Crippen MR) is 79.0 cm³/mol. The summed E-state index contributed by atoms with van der Waals surface area (Å²) in [7, 11) is 0. The van der Waals surface area contributed by atoms with Crippen LogP contribution in [0.3, 0.4) is 0 Å². The van der Waals surface area contributed by atoms with Crippen molar-refractivity contribution in [2.45, 2.75) is 0 Å². The Morgan fingerprint density at radius 2 is 2.00 bits per heavy atom. The lowest BCUT2D eigenvalue weighted by Crippen LogP contribution is -2.12. The Morgan fingerprint density at radius 3 is 2.67 bits per heavy atom. The monoisotopic (exact) mass is 388 g/mol. The number of nitrogens with one attached hydrogen (secondary N) is 1. The second-order valence-corrected chi connectivity index (χ2v) is 5.65. The topological polar surface area (TPSA) is 42.0 Å². The Bertz CT molecular complexity index is 604. The molecule has 3 nitrogen and oxygen atoms in total. The minimum absolute atomic E-state index is 0.234. The lowest BCUT2D eigenvalue weighted by Gasteiger charge is -2.06. The number of carbonyl (C=O) groups excluding carboxylic acids is 1. The Labute approximate surface area is 126 Å². The van der Waals surface area contributed by atoms with E-state index in [1.54, 1.807) is 30.5 Å². The first-order valence-electron chi connectivity index (χ1n) is 4.93. The quantitative estimate of drug-likeness (QED) is 0.820. The second-order valence-electron chi connectivity index (χ2n) is 3.47. The summed E-state index contributed by atoms with van der Waals surface area (Å²) in [5.74, 6) is -0.234. The molecule has 0 bridgehead atoms. The maximum atomic E-state index is 11.9. The molecule has 0 atom stereocenters. The van der Waals surface area contributed by atoms with Crippen LogP contribution in [0.25, 0.3) is 0 Å². The molecule has 0 aliphatic heterocycles. The van der Waals surface area contributed by atoms with Gasteiger partial charge in [0.15, 0.2) is 0 Å². The van der Waals surface area contributed by atoms with Crippen LogP contribution in [0.1, 0.15) is 10.4 Å². The maximum absolute atomic E-state index is 11.9. The van der Waals surface area contributed by atoms with Crippen LogP contribution in [0.15, 0.2) is 45.6 Å². The van der Waals surface area contributed by atoms with Gasteiger partial charge in [-0.15, -0.1) is 0 Å². The molecule has 1 N–H and O–H groups in total. The van der Waals surface area contributed by atoms with Gasteiger partial charge in [0.25, 0.3) is 5.91 Å². The summed E-state index contributed by atoms with van der Waals surface area (Å²) in [5, 5.41) is 3.29. The number of anilines is 1. The lowest BCUT2D eigenvalue weighted by atomic mass is 10.2. The van der Waals surface area contributed by atoms with Crippen molar-refractivity contribution in [3.8, 4) is 0 Å². The molecule has 0 unspecified atom stereocenters. The Balaban J connectivity index is 2.18. The number of rotatable bonds is 2. The van der Waals surface area contributed by atoms with Gasteiger partial charge in [-0.3, -0.25) is 9.78 Å². The molecular formula is C12H7Br2ClN2O. The van der Waals surface area contributed by atoms with Crippen LogP contribution in [0.2, 0.25) is 5.02 Å². The zero-order valence-corrected chi connectivity index (χ0v) is 12.9. The highest BCUT2D eigenvalue weighted by molar-refractivity contribution is 9.10. The van der Waals surface area contributed by atoms with Crippen molar-refractivity contribution < 1.29 is 4.79 Å². The van der Waals surface area contributed by atoms with E-state index in [4.69, 9.17) is 11.6 Å². The number of nitrogens with zero attached hydrogens (tertiary/aromatic N) is 1. The highest BCUT2D eigenvalue weighted by Crippen LogP contribution is 2.25. The summed E-state index contributed by atoms with van der Waals surface area (Å²) in [5.41, 5.74) is 1.11. The van der Waals surface area contributed by atoms with Crippen LogP contribution < -0.4 is 5.32 Å². The van der Waals surface area contributed by atoms with Crippen LogP contribution in [0.4, 0.5) is 5.69 Å². The maximum Gasteiger partial charge on any atom is 0.257 e. The molecule has 1 aromatic carbocycles. The number of hydrogen-bond donors (Lipinski definition) is 1. The van der Waals surface area contributed by atoms with Gasteiger partial charge in [0.2, 0.25) is 0 Å². The zero-order chi connectivity index (χ0) is 13.1. The summed E-state index contributed by atoms with van der Waals surface area (Å²) in [6.07, 6.45) is 3.12. The van der Waals surface area contributed by atoms with Gasteiger partial charge in [-0.1, -0.05) is 11.6 Å². The highest BCUT2D eigenvalue weighted by atomic mass is 79.9. The van der Waals surface area contributed by atoms with Crippen molar-refractivity contribution in [2.24, 2.45) is 0 Å². The Kier molecular flexibility index (Phi) is 4.37. The van der Waals surface area contributed by atoms with Gasteiger partial charge < -0.3 is 5.32 Å². The molecule has 6 heteroatoms. The van der Waals surface area contributed by atoms with Gasteiger partial charge >= 0.3 is 0 Å². The smallest absolute Gasteiger partial charge is 0.257 e. The van der Waals surface area contributed by atoms with Crippen molar-refractivity contribution >= 4 is 55.1 Å². The minimum atomic E-state index is -0.234. The average molecular weight is 390 g/mol. The fourth-order valence-corrected chi connectivity index (χ4v) is 2.11. The van der Waals surface area contributed by atoms with Crippen LogP contribution in [0.5, 0.6) is 0 Å². The van der Waals surface area contributed by atoms with Crippen LogP contribution >= 0.6 is 43.5 Å². The fourth-order valence-electron chi connectivity index (χ4n) is 1.31. The number of benzene rings is 1. The second kappa shape index (κ2) is 5.82. The zero-order valence-electron chi connectivity index (χ0n) is 8.95. The first kappa shape index (κ1) is 13.5. The molecule has 0 aliphatic rings. The number of pyridine rings is 1. The third-order valence-corrected chi connectivity index (χ3v) is 3.81. The van der Waals surface area contributed by atoms with Crippen molar-refractivity contribution in [3.05, 3.63) is 56.2 Å². The van der Waals surface area contributed by atoms with Crippen LogP contribution in [-0.2, 0) is 0 Å². The number of amides is 1. The molecule has 0 spiro atoms. The van der Waals surface area contributed by atoms with E-state index in [0.29, 0.717) is 16.3 Å². The molecule has 0 saturated heterocycles. The summed E-state index contributed by atoms with van der Waals surface area (Å²) in [6.45, 7) is 0. The van der Waals surface area contributed by atoms with Crippen molar-refractivity contribution in [2.75, 3.05) is 5.32 Å². The standard InChI is InChI=1S/C12H7Br2ClN2O/c13-8-3-7(5-16-6-8)12(18)17-9-1-2-10(14)11(15)4-9/h1-6H,(H,17,18). The average Bonchev–Trinajstić information content (AvgIpc) is 2.34. The van der Waals surface area contributed by atoms with E-state index in [1.807, 2.05) is 0 Å². The number of halogens is 3. The summed E-state index contributed by atoms with van der Waals surface area (Å²) in [4.78, 5) is 15.9. The highest BCUT2D eigenvalue weighted by Gasteiger charge is 2.08. The van der Waals surface area contributed by atoms with Crippen molar-refractivity contribution in [1.82, 2.24) is 4.98 Å². The first-order chi connectivity index (χ1) is 8.56. The molecule has 1 amide bonds. The van der Waals surface area contributed by atoms with Gasteiger partial charge in [-0.2, -0.15) is 0 Å². The van der Waals surface area contributed by atoms with Crippen LogP contribution in [0, 0.1) is 0 Å². The molecule has 1 heterocycles. The predicted octanol–water partition coefficient (Wildman–Crippen LogP) is 4.51. The summed E-state index contributed by atoms with van der Waals surface area (Å²) >= 11 is 12.5. The van der Waals surface area contributed by atoms with E-state index in [2.05, 4.69) is 42.2 Å². The fraction of sp³-hybridized carbons (Fsp3) is 0. The van der Waals surface area contributed by atoms with Crippen molar-refractivity contribution in [3.63, 3.8) is 0 Å². The van der Waals surface area contributed by atoms with Crippen LogP contribution in [-0.4, -0.2) is 10.9 Å². The Hall–Kier alpha value is -0.910. The SMILES string of the molecule is O=C(Nc1ccc(Br)c(Cl)c1)c1cncc(Br)c1. The van der Waals surface area contributed by atoms with Gasteiger partial charge in [-0.05, 0) is 56.1 Å². The molecule has 0 radical (unpaired) electrons. The number of carbonyl (C=O) groups is 1. The largest absolute Gasteiger partial charge is 0.322 e. The van der Waals surface area contributed by atoms with E-state index in [-0.39, 0.29) is 5.91 Å². The molecule has 2 aromatic rings. The Morgan fingerprint density at radius 1 is 1.22 bits per heavy atom. The molecule has 0 aliphatic carbocycles. The molecule has 92 valence electrons. The molecule has 0 fully saturated rings. The summed E-state index contributed by atoms with van der Waals surface area (Å²) < 4.78 is 1.54. The van der Waals surface area contributed by atoms with E-state index < -0.39 is 0 Å². The van der Waals surface area contributed by atoms with Gasteiger partial charge in [-0.25, -0.2) is 0 Å². The van der Waals surface area contributed by atoms with E-state index in [9.17, 15) is 4.79 Å². The molecular weight excluding hydrogens is 383 g/mol. The van der Waals surface area contributed by atoms with Gasteiger partial charge in [0.1, 0.15) is 0 Å². The molecule has 0 saturated carbocycles. The van der Waals surface area contributed by atoms with E-state index in [0.717, 1.165) is 8.95 Å². The number of hydrogen-bond acceptors (Lipinski definition) is 2. The van der Waals surface area contributed by atoms with E-state index >= 15 is 0 Å². The van der Waals surface area contributed by atoms with Gasteiger partial charge in [0, 0.05) is 27.0 Å². The van der Waals surface area contributed by atoms with E-state index in [1.165, 1.54) is 6.20 Å². The third kappa shape index (κ3) is 3.31. The van der Waals surface area contributed by atoms with Crippen molar-refractivity contribution in [1.29, 1.82) is 0 Å². The number of aromatic nitrogens is 1. The van der Waals surface area contributed by atoms with Gasteiger partial charge in [0.05, 0.1) is 10.6 Å². The lowest BCUT2D eigenvalue weighted by molar-refractivity contribution is 0.102. The minimum Gasteiger partial charge on any atom is -0.322 e. The molecule has 1 aromatic heterocycles.